The number of benzene rings is 3. The van der Waals surface area contributed by atoms with Crippen LogP contribution in [0, 0.1) is 0 Å². The first-order valence-electron chi connectivity index (χ1n) is 9.01. The number of carboxylic acid groups (broad SMARTS) is 1. The number of sulfone groups is 1. The van der Waals surface area contributed by atoms with Crippen molar-refractivity contribution in [3.05, 3.63) is 90.0 Å². The van der Waals surface area contributed by atoms with Crippen molar-refractivity contribution in [2.75, 3.05) is 6.54 Å². The van der Waals surface area contributed by atoms with Crippen molar-refractivity contribution in [2.45, 2.75) is 22.8 Å². The van der Waals surface area contributed by atoms with E-state index in [-0.39, 0.29) is 15.5 Å². The third-order valence-electron chi connectivity index (χ3n) is 4.54. The Labute approximate surface area is 169 Å². The highest BCUT2D eigenvalue weighted by Gasteiger charge is 2.18. The van der Waals surface area contributed by atoms with Gasteiger partial charge in [0.15, 0.2) is 0 Å². The van der Waals surface area contributed by atoms with E-state index in [9.17, 15) is 23.4 Å². The summed E-state index contributed by atoms with van der Waals surface area (Å²) in [6.45, 7) is 0.595. The van der Waals surface area contributed by atoms with E-state index in [0.717, 1.165) is 11.1 Å². The fraction of sp³-hybridized carbons (Fsp3) is 0.136. The van der Waals surface area contributed by atoms with Crippen LogP contribution in [0.2, 0.25) is 0 Å². The Bertz CT molecular complexity index is 1060. The minimum Gasteiger partial charge on any atom is -0.508 e. The second-order valence-electron chi connectivity index (χ2n) is 6.58. The topological polar surface area (TPSA) is 94.9 Å². The van der Waals surface area contributed by atoms with Gasteiger partial charge in [-0.1, -0.05) is 42.5 Å². The SMILES string of the molecule is O=C(O)N(CCc1ccc(S(=O)(=O)c2ccc(O)cc2)cc1)Cc1ccccc1. The molecule has 7 heteroatoms. The number of carbonyl (C=O) groups is 1. The summed E-state index contributed by atoms with van der Waals surface area (Å²) in [5.74, 6) is -0.00205. The third-order valence-corrected chi connectivity index (χ3v) is 6.32. The van der Waals surface area contributed by atoms with E-state index in [1.165, 1.54) is 41.3 Å². The van der Waals surface area contributed by atoms with E-state index in [0.29, 0.717) is 19.5 Å². The summed E-state index contributed by atoms with van der Waals surface area (Å²) in [5, 5.41) is 18.8. The highest BCUT2D eigenvalue weighted by atomic mass is 32.2. The highest BCUT2D eigenvalue weighted by Crippen LogP contribution is 2.23. The van der Waals surface area contributed by atoms with E-state index in [2.05, 4.69) is 0 Å². The molecule has 0 aliphatic rings. The Morgan fingerprint density at radius 2 is 1.34 bits per heavy atom. The number of phenolic OH excluding ortho intramolecular Hbond substituents is 1. The Morgan fingerprint density at radius 1 is 0.793 bits per heavy atom. The zero-order valence-corrected chi connectivity index (χ0v) is 16.4. The molecule has 3 aromatic rings. The largest absolute Gasteiger partial charge is 0.508 e. The van der Waals surface area contributed by atoms with Gasteiger partial charge in [0, 0.05) is 13.1 Å². The second-order valence-corrected chi connectivity index (χ2v) is 8.53. The summed E-state index contributed by atoms with van der Waals surface area (Å²) in [4.78, 5) is 13.1. The summed E-state index contributed by atoms with van der Waals surface area (Å²) >= 11 is 0. The minimum atomic E-state index is -3.67. The minimum absolute atomic E-state index is 0.00205. The zero-order valence-electron chi connectivity index (χ0n) is 15.6. The lowest BCUT2D eigenvalue weighted by atomic mass is 10.1. The summed E-state index contributed by atoms with van der Waals surface area (Å²) in [7, 11) is -3.67. The van der Waals surface area contributed by atoms with Crippen LogP contribution in [0.5, 0.6) is 5.75 Å². The normalized spacial score (nSPS) is 11.2. The average Bonchev–Trinajstić information content (AvgIpc) is 2.72. The Hall–Kier alpha value is -3.32. The van der Waals surface area contributed by atoms with Crippen LogP contribution in [0.25, 0.3) is 0 Å². The van der Waals surface area contributed by atoms with E-state index in [1.807, 2.05) is 30.3 Å². The van der Waals surface area contributed by atoms with Crippen LogP contribution in [0.15, 0.2) is 88.7 Å². The summed E-state index contributed by atoms with van der Waals surface area (Å²) in [5.41, 5.74) is 1.75. The van der Waals surface area contributed by atoms with Crippen molar-refractivity contribution in [2.24, 2.45) is 0 Å². The molecule has 29 heavy (non-hydrogen) atoms. The van der Waals surface area contributed by atoms with Crippen molar-refractivity contribution in [1.82, 2.24) is 4.90 Å². The van der Waals surface area contributed by atoms with E-state index in [4.69, 9.17) is 0 Å². The monoisotopic (exact) mass is 411 g/mol. The van der Waals surface area contributed by atoms with Gasteiger partial charge in [-0.05, 0) is 53.9 Å². The molecular weight excluding hydrogens is 390 g/mol. The van der Waals surface area contributed by atoms with Crippen LogP contribution < -0.4 is 0 Å². The zero-order chi connectivity index (χ0) is 20.9. The molecule has 0 radical (unpaired) electrons. The lowest BCUT2D eigenvalue weighted by molar-refractivity contribution is 0.143. The van der Waals surface area contributed by atoms with Gasteiger partial charge in [0.1, 0.15) is 5.75 Å². The van der Waals surface area contributed by atoms with Crippen LogP contribution in [0.1, 0.15) is 11.1 Å². The summed E-state index contributed by atoms with van der Waals surface area (Å²) in [6.07, 6.45) is -0.529. The van der Waals surface area contributed by atoms with Gasteiger partial charge in [-0.25, -0.2) is 13.2 Å². The van der Waals surface area contributed by atoms with E-state index < -0.39 is 15.9 Å². The maximum absolute atomic E-state index is 12.6. The fourth-order valence-electron chi connectivity index (χ4n) is 2.91. The number of aromatic hydroxyl groups is 1. The lowest BCUT2D eigenvalue weighted by Gasteiger charge is -2.19. The Kier molecular flexibility index (Phi) is 6.19. The molecule has 0 bridgehead atoms. The van der Waals surface area contributed by atoms with Crippen LogP contribution in [0.3, 0.4) is 0 Å². The maximum atomic E-state index is 12.6. The van der Waals surface area contributed by atoms with Crippen LogP contribution in [-0.2, 0) is 22.8 Å². The standard InChI is InChI=1S/C22H21NO5S/c24-19-8-12-21(13-9-19)29(27,28)20-10-6-17(7-11-20)14-15-23(22(25)26)16-18-4-2-1-3-5-18/h1-13,24H,14-16H2,(H,25,26). The van der Waals surface area contributed by atoms with Gasteiger partial charge in [-0.3, -0.25) is 0 Å². The van der Waals surface area contributed by atoms with Gasteiger partial charge in [-0.2, -0.15) is 0 Å². The van der Waals surface area contributed by atoms with Crippen molar-refractivity contribution in [3.8, 4) is 5.75 Å². The van der Waals surface area contributed by atoms with Crippen LogP contribution in [-0.4, -0.2) is 36.2 Å². The molecule has 0 unspecified atom stereocenters. The Balaban J connectivity index is 1.68. The van der Waals surface area contributed by atoms with Crippen molar-refractivity contribution >= 4 is 15.9 Å². The molecular formula is C22H21NO5S. The predicted molar refractivity (Wildman–Crippen MR) is 109 cm³/mol. The van der Waals surface area contributed by atoms with Gasteiger partial charge in [0.05, 0.1) is 9.79 Å². The molecule has 0 aliphatic heterocycles. The molecule has 1 amide bonds. The third kappa shape index (κ3) is 5.14. The first kappa shape index (κ1) is 20.4. The summed E-state index contributed by atoms with van der Waals surface area (Å²) < 4.78 is 25.3. The molecule has 0 aromatic heterocycles. The van der Waals surface area contributed by atoms with Gasteiger partial charge in [0.2, 0.25) is 9.84 Å². The van der Waals surface area contributed by atoms with E-state index in [1.54, 1.807) is 12.1 Å². The Morgan fingerprint density at radius 3 is 1.90 bits per heavy atom. The summed E-state index contributed by atoms with van der Waals surface area (Å²) in [6, 6.07) is 21.1. The molecule has 150 valence electrons. The fourth-order valence-corrected chi connectivity index (χ4v) is 4.17. The quantitative estimate of drug-likeness (QED) is 0.614. The lowest BCUT2D eigenvalue weighted by Crippen LogP contribution is -2.30. The number of amides is 1. The van der Waals surface area contributed by atoms with Crippen molar-refractivity contribution in [1.29, 1.82) is 0 Å². The molecule has 0 fully saturated rings. The molecule has 3 rings (SSSR count). The molecule has 3 aromatic carbocycles. The van der Waals surface area contributed by atoms with Crippen molar-refractivity contribution in [3.63, 3.8) is 0 Å². The molecule has 6 nitrogen and oxygen atoms in total. The smallest absolute Gasteiger partial charge is 0.407 e. The van der Waals surface area contributed by atoms with Crippen molar-refractivity contribution < 1.29 is 23.4 Å². The molecule has 0 heterocycles. The number of hydrogen-bond donors (Lipinski definition) is 2. The number of hydrogen-bond acceptors (Lipinski definition) is 4. The second kappa shape index (κ2) is 8.79. The first-order valence-corrected chi connectivity index (χ1v) is 10.5. The number of phenols is 1. The molecule has 0 atom stereocenters. The molecule has 0 spiro atoms. The molecule has 0 aliphatic carbocycles. The van der Waals surface area contributed by atoms with Crippen LogP contribution in [0.4, 0.5) is 4.79 Å². The highest BCUT2D eigenvalue weighted by molar-refractivity contribution is 7.91. The van der Waals surface area contributed by atoms with Gasteiger partial charge < -0.3 is 15.1 Å². The van der Waals surface area contributed by atoms with Crippen LogP contribution >= 0.6 is 0 Å². The first-order chi connectivity index (χ1) is 13.9. The molecule has 0 saturated heterocycles. The van der Waals surface area contributed by atoms with Gasteiger partial charge in [0.25, 0.3) is 0 Å². The predicted octanol–water partition coefficient (Wildman–Crippen LogP) is 3.95. The van der Waals surface area contributed by atoms with E-state index >= 15 is 0 Å². The van der Waals surface area contributed by atoms with Gasteiger partial charge >= 0.3 is 6.09 Å². The maximum Gasteiger partial charge on any atom is 0.407 e. The average molecular weight is 411 g/mol. The number of nitrogens with zero attached hydrogens (tertiary/aromatic N) is 1. The van der Waals surface area contributed by atoms with Gasteiger partial charge in [-0.15, -0.1) is 0 Å². The number of rotatable bonds is 7. The molecule has 0 saturated carbocycles. The molecule has 2 N–H and O–H groups in total.